The molecule has 2 rings (SSSR count). The number of nitrogens with zero attached hydrogens (tertiary/aromatic N) is 2. The Morgan fingerprint density at radius 3 is 2.30 bits per heavy atom. The minimum absolute atomic E-state index is 0.0550. The number of hydrogen-bond acceptors (Lipinski definition) is 6. The number of ether oxygens (including phenoxy) is 2. The summed E-state index contributed by atoms with van der Waals surface area (Å²) in [6.07, 6.45) is 0.721. The van der Waals surface area contributed by atoms with Gasteiger partial charge in [0.25, 0.3) is 0 Å². The predicted molar refractivity (Wildman–Crippen MR) is 79.6 cm³/mol. The van der Waals surface area contributed by atoms with Crippen LogP contribution < -0.4 is 20.9 Å². The molecule has 0 radical (unpaired) electrons. The van der Waals surface area contributed by atoms with Gasteiger partial charge in [0.05, 0.1) is 20.8 Å². The Morgan fingerprint density at radius 1 is 1.20 bits per heavy atom. The van der Waals surface area contributed by atoms with E-state index in [4.69, 9.17) is 20.9 Å². The van der Waals surface area contributed by atoms with E-state index in [9.17, 15) is 0 Å². The number of methoxy groups -OCH3 is 2. The summed E-state index contributed by atoms with van der Waals surface area (Å²) >= 11 is 0. The Kier molecular flexibility index (Phi) is 4.12. The second kappa shape index (κ2) is 5.81. The van der Waals surface area contributed by atoms with Crippen molar-refractivity contribution < 1.29 is 9.47 Å². The Labute approximate surface area is 118 Å². The summed E-state index contributed by atoms with van der Waals surface area (Å²) in [7, 11) is 3.29. The van der Waals surface area contributed by atoms with Gasteiger partial charge in [0, 0.05) is 11.5 Å². The Bertz CT molecular complexity index is 541. The van der Waals surface area contributed by atoms with Crippen molar-refractivity contribution >= 4 is 11.8 Å². The van der Waals surface area contributed by atoms with Crippen molar-refractivity contribution in [2.24, 2.45) is 27.4 Å². The molecule has 108 valence electrons. The molecule has 0 saturated heterocycles. The largest absolute Gasteiger partial charge is 0.496 e. The van der Waals surface area contributed by atoms with Gasteiger partial charge in [0.2, 0.25) is 5.96 Å². The molecule has 0 saturated carbocycles. The summed E-state index contributed by atoms with van der Waals surface area (Å²) < 4.78 is 10.7. The molecule has 1 unspecified atom stereocenters. The molecule has 1 heterocycles. The summed E-state index contributed by atoms with van der Waals surface area (Å²) in [5, 5.41) is 0. The third kappa shape index (κ3) is 2.84. The van der Waals surface area contributed by atoms with Crippen molar-refractivity contribution in [3.05, 3.63) is 23.3 Å². The highest BCUT2D eigenvalue weighted by atomic mass is 16.5. The van der Waals surface area contributed by atoms with E-state index in [1.165, 1.54) is 0 Å². The molecule has 20 heavy (non-hydrogen) atoms. The minimum Gasteiger partial charge on any atom is -0.496 e. The zero-order valence-electron chi connectivity index (χ0n) is 12.0. The maximum Gasteiger partial charge on any atom is 0.217 e. The lowest BCUT2D eigenvalue weighted by molar-refractivity contribution is 0.387. The van der Waals surface area contributed by atoms with Crippen LogP contribution in [0.3, 0.4) is 0 Å². The number of aliphatic imine (C=N–C) groups is 2. The maximum atomic E-state index is 5.91. The van der Waals surface area contributed by atoms with Gasteiger partial charge < -0.3 is 20.9 Å². The number of amidine groups is 1. The average Bonchev–Trinajstić information content (AvgIpc) is 2.43. The van der Waals surface area contributed by atoms with Gasteiger partial charge in [-0.05, 0) is 31.0 Å². The number of guanidine groups is 1. The minimum atomic E-state index is 0.0550. The van der Waals surface area contributed by atoms with Crippen LogP contribution in [0.2, 0.25) is 0 Å². The highest BCUT2D eigenvalue weighted by Crippen LogP contribution is 2.30. The van der Waals surface area contributed by atoms with Crippen LogP contribution in [0.15, 0.2) is 22.1 Å². The summed E-state index contributed by atoms with van der Waals surface area (Å²) in [4.78, 5) is 8.15. The summed E-state index contributed by atoms with van der Waals surface area (Å²) in [5.74, 6) is 2.43. The van der Waals surface area contributed by atoms with E-state index in [0.717, 1.165) is 29.0 Å². The highest BCUT2D eigenvalue weighted by Gasteiger charge is 2.19. The van der Waals surface area contributed by atoms with Gasteiger partial charge in [-0.3, -0.25) is 4.99 Å². The van der Waals surface area contributed by atoms with E-state index >= 15 is 0 Å². The van der Waals surface area contributed by atoms with Gasteiger partial charge in [0.15, 0.2) is 0 Å². The molecular formula is C14H20N4O2. The van der Waals surface area contributed by atoms with Gasteiger partial charge >= 0.3 is 0 Å². The molecule has 4 N–H and O–H groups in total. The second-order valence-corrected chi connectivity index (χ2v) is 4.76. The summed E-state index contributed by atoms with van der Waals surface area (Å²) in [6.45, 7) is 2.52. The molecule has 1 aliphatic rings. The van der Waals surface area contributed by atoms with Crippen molar-refractivity contribution in [2.75, 3.05) is 20.8 Å². The molecule has 1 aliphatic heterocycles. The van der Waals surface area contributed by atoms with Crippen LogP contribution in [0.1, 0.15) is 11.1 Å². The molecule has 0 fully saturated rings. The van der Waals surface area contributed by atoms with Crippen LogP contribution in [0, 0.1) is 12.8 Å². The SMILES string of the molecule is COc1cc(CC2CN=C(N)N=C2N)cc(OC)c1C. The lowest BCUT2D eigenvalue weighted by atomic mass is 9.96. The fraction of sp³-hybridized carbons (Fsp3) is 0.429. The first kappa shape index (κ1) is 14.2. The molecule has 1 aromatic rings. The van der Waals surface area contributed by atoms with E-state index in [2.05, 4.69) is 9.98 Å². The first-order valence-corrected chi connectivity index (χ1v) is 6.40. The van der Waals surface area contributed by atoms with Gasteiger partial charge in [-0.2, -0.15) is 0 Å². The third-order valence-corrected chi connectivity index (χ3v) is 3.43. The molecule has 1 aromatic carbocycles. The maximum absolute atomic E-state index is 5.91. The quantitative estimate of drug-likeness (QED) is 0.852. The van der Waals surface area contributed by atoms with E-state index in [1.807, 2.05) is 19.1 Å². The standard InChI is InChI=1S/C14H20N4O2/c1-8-11(19-2)5-9(6-12(8)20-3)4-10-7-17-14(16)18-13(10)15/h5-6,10H,4,7H2,1-3H3,(H4,15,16,17,18). The topological polar surface area (TPSA) is 95.2 Å². The third-order valence-electron chi connectivity index (χ3n) is 3.43. The van der Waals surface area contributed by atoms with Crippen LogP contribution in [0.4, 0.5) is 0 Å². The Morgan fingerprint density at radius 2 is 1.80 bits per heavy atom. The lowest BCUT2D eigenvalue weighted by Crippen LogP contribution is -2.34. The molecule has 0 aliphatic carbocycles. The molecule has 0 spiro atoms. The molecule has 0 bridgehead atoms. The van der Waals surface area contributed by atoms with Crippen LogP contribution in [0.25, 0.3) is 0 Å². The van der Waals surface area contributed by atoms with E-state index in [0.29, 0.717) is 12.4 Å². The summed E-state index contributed by atoms with van der Waals surface area (Å²) in [5.41, 5.74) is 13.5. The molecule has 6 nitrogen and oxygen atoms in total. The van der Waals surface area contributed by atoms with Crippen molar-refractivity contribution in [1.82, 2.24) is 0 Å². The van der Waals surface area contributed by atoms with Crippen molar-refractivity contribution in [1.29, 1.82) is 0 Å². The van der Waals surface area contributed by atoms with Gasteiger partial charge in [0.1, 0.15) is 17.3 Å². The van der Waals surface area contributed by atoms with E-state index in [-0.39, 0.29) is 11.9 Å². The van der Waals surface area contributed by atoms with Crippen LogP contribution in [-0.4, -0.2) is 32.6 Å². The van der Waals surface area contributed by atoms with E-state index < -0.39 is 0 Å². The fourth-order valence-corrected chi connectivity index (χ4v) is 2.27. The molecule has 6 heteroatoms. The Hall–Kier alpha value is -2.24. The zero-order valence-corrected chi connectivity index (χ0v) is 12.0. The van der Waals surface area contributed by atoms with Crippen LogP contribution in [0.5, 0.6) is 11.5 Å². The monoisotopic (exact) mass is 276 g/mol. The lowest BCUT2D eigenvalue weighted by Gasteiger charge is -2.19. The first-order chi connectivity index (χ1) is 9.55. The van der Waals surface area contributed by atoms with Crippen LogP contribution >= 0.6 is 0 Å². The fourth-order valence-electron chi connectivity index (χ4n) is 2.27. The average molecular weight is 276 g/mol. The van der Waals surface area contributed by atoms with Gasteiger partial charge in [-0.15, -0.1) is 0 Å². The number of rotatable bonds is 4. The predicted octanol–water partition coefficient (Wildman–Crippen LogP) is 0.856. The van der Waals surface area contributed by atoms with Gasteiger partial charge in [-0.1, -0.05) is 0 Å². The number of hydrogen-bond donors (Lipinski definition) is 2. The number of benzene rings is 1. The van der Waals surface area contributed by atoms with Crippen molar-refractivity contribution in [3.8, 4) is 11.5 Å². The molecular weight excluding hydrogens is 256 g/mol. The number of nitrogens with two attached hydrogens (primary N) is 2. The normalized spacial score (nSPS) is 18.2. The summed E-state index contributed by atoms with van der Waals surface area (Å²) in [6, 6.07) is 3.99. The van der Waals surface area contributed by atoms with E-state index in [1.54, 1.807) is 14.2 Å². The van der Waals surface area contributed by atoms with Crippen molar-refractivity contribution in [3.63, 3.8) is 0 Å². The van der Waals surface area contributed by atoms with Crippen molar-refractivity contribution in [2.45, 2.75) is 13.3 Å². The second-order valence-electron chi connectivity index (χ2n) is 4.76. The molecule has 1 atom stereocenters. The molecule has 0 amide bonds. The highest BCUT2D eigenvalue weighted by molar-refractivity contribution is 5.97. The first-order valence-electron chi connectivity index (χ1n) is 6.40. The van der Waals surface area contributed by atoms with Crippen LogP contribution in [-0.2, 0) is 6.42 Å². The Balaban J connectivity index is 2.24. The molecule has 0 aromatic heterocycles. The van der Waals surface area contributed by atoms with Gasteiger partial charge in [-0.25, -0.2) is 4.99 Å². The smallest absolute Gasteiger partial charge is 0.217 e. The zero-order chi connectivity index (χ0) is 14.7.